The monoisotopic (exact) mass is 366 g/mol. The Bertz CT molecular complexity index is 854. The Morgan fingerprint density at radius 3 is 2.62 bits per heavy atom. The van der Waals surface area contributed by atoms with Crippen molar-refractivity contribution in [2.75, 3.05) is 17.7 Å². The molecule has 0 N–H and O–H groups in total. The van der Waals surface area contributed by atoms with E-state index in [4.69, 9.17) is 0 Å². The summed E-state index contributed by atoms with van der Waals surface area (Å²) < 4.78 is 0. The van der Waals surface area contributed by atoms with Gasteiger partial charge in [0, 0.05) is 24.8 Å². The van der Waals surface area contributed by atoms with Crippen molar-refractivity contribution in [1.29, 1.82) is 0 Å². The molecule has 2 heterocycles. The van der Waals surface area contributed by atoms with E-state index in [0.29, 0.717) is 12.2 Å². The first-order valence-electron chi connectivity index (χ1n) is 8.89. The van der Waals surface area contributed by atoms with Gasteiger partial charge in [-0.1, -0.05) is 48.5 Å². The average Bonchev–Trinajstić information content (AvgIpc) is 3.17. The molecule has 2 saturated heterocycles. The molecule has 2 aliphatic heterocycles. The molecule has 2 atom stereocenters. The lowest BCUT2D eigenvalue weighted by molar-refractivity contribution is -0.136. The van der Waals surface area contributed by atoms with Crippen molar-refractivity contribution in [3.63, 3.8) is 0 Å². The molecule has 0 aliphatic carbocycles. The second-order valence-electron chi connectivity index (χ2n) is 7.05. The zero-order valence-corrected chi connectivity index (χ0v) is 15.8. The molecule has 0 aromatic heterocycles. The molecule has 2 fully saturated rings. The number of fused-ring (bicyclic) bond motifs is 1. The zero-order chi connectivity index (χ0) is 18.3. The number of anilines is 1. The third-order valence-corrected chi connectivity index (χ3v) is 6.92. The number of carbonyl (C=O) groups is 2. The minimum absolute atomic E-state index is 0.0140. The molecule has 0 bridgehead atoms. The van der Waals surface area contributed by atoms with Crippen LogP contribution in [0.1, 0.15) is 19.8 Å². The molecule has 134 valence electrons. The highest BCUT2D eigenvalue weighted by Gasteiger charge is 2.53. The van der Waals surface area contributed by atoms with Crippen molar-refractivity contribution in [2.45, 2.75) is 30.7 Å². The van der Waals surface area contributed by atoms with E-state index in [1.54, 1.807) is 16.7 Å². The van der Waals surface area contributed by atoms with Crippen molar-refractivity contribution < 1.29 is 9.59 Å². The summed E-state index contributed by atoms with van der Waals surface area (Å²) >= 11 is 1.73. The topological polar surface area (TPSA) is 40.6 Å². The highest BCUT2D eigenvalue weighted by Crippen LogP contribution is 2.47. The van der Waals surface area contributed by atoms with E-state index in [1.165, 1.54) is 0 Å². The van der Waals surface area contributed by atoms with E-state index < -0.39 is 0 Å². The SMILES string of the molecule is CN(C(=O)C1CSC2(C)CCC(=O)N12)c1ccccc1-c1ccccc1. The van der Waals surface area contributed by atoms with Gasteiger partial charge in [0.25, 0.3) is 0 Å². The highest BCUT2D eigenvalue weighted by molar-refractivity contribution is 8.01. The van der Waals surface area contributed by atoms with Gasteiger partial charge in [-0.3, -0.25) is 9.59 Å². The van der Waals surface area contributed by atoms with Gasteiger partial charge >= 0.3 is 0 Å². The molecule has 26 heavy (non-hydrogen) atoms. The van der Waals surface area contributed by atoms with E-state index >= 15 is 0 Å². The van der Waals surface area contributed by atoms with E-state index in [2.05, 4.69) is 6.92 Å². The first kappa shape index (κ1) is 17.2. The number of nitrogens with zero attached hydrogens (tertiary/aromatic N) is 2. The van der Waals surface area contributed by atoms with Crippen molar-refractivity contribution in [1.82, 2.24) is 4.90 Å². The minimum atomic E-state index is -0.381. The van der Waals surface area contributed by atoms with Gasteiger partial charge in [-0.2, -0.15) is 0 Å². The lowest BCUT2D eigenvalue weighted by Crippen LogP contribution is -2.50. The fourth-order valence-electron chi connectivity index (χ4n) is 3.97. The normalized spacial score (nSPS) is 24.6. The maximum atomic E-state index is 13.3. The molecule has 0 radical (unpaired) electrons. The average molecular weight is 366 g/mol. The van der Waals surface area contributed by atoms with Crippen LogP contribution in [0.25, 0.3) is 11.1 Å². The predicted molar refractivity (Wildman–Crippen MR) is 106 cm³/mol. The van der Waals surface area contributed by atoms with Gasteiger partial charge in [-0.25, -0.2) is 0 Å². The van der Waals surface area contributed by atoms with Gasteiger partial charge in [0.15, 0.2) is 0 Å². The van der Waals surface area contributed by atoms with Crippen LogP contribution < -0.4 is 4.90 Å². The highest BCUT2D eigenvalue weighted by atomic mass is 32.2. The Labute approximate surface area is 158 Å². The van der Waals surface area contributed by atoms with Crippen molar-refractivity contribution >= 4 is 29.3 Å². The van der Waals surface area contributed by atoms with Crippen molar-refractivity contribution in [2.24, 2.45) is 0 Å². The molecule has 2 aliphatic rings. The number of para-hydroxylation sites is 1. The molecule has 2 aromatic carbocycles. The molecular weight excluding hydrogens is 344 g/mol. The minimum Gasteiger partial charge on any atom is -0.315 e. The predicted octanol–water partition coefficient (Wildman–Crippen LogP) is 3.77. The van der Waals surface area contributed by atoms with Crippen LogP contribution in [0.5, 0.6) is 0 Å². The fraction of sp³-hybridized carbons (Fsp3) is 0.333. The van der Waals surface area contributed by atoms with Crippen molar-refractivity contribution in [3.05, 3.63) is 54.6 Å². The summed E-state index contributed by atoms with van der Waals surface area (Å²) in [5, 5.41) is 0. The van der Waals surface area contributed by atoms with Crippen LogP contribution in [0.4, 0.5) is 5.69 Å². The van der Waals surface area contributed by atoms with E-state index in [9.17, 15) is 9.59 Å². The maximum Gasteiger partial charge on any atom is 0.250 e. The Morgan fingerprint density at radius 1 is 1.15 bits per heavy atom. The Kier molecular flexibility index (Phi) is 4.27. The zero-order valence-electron chi connectivity index (χ0n) is 15.0. The summed E-state index contributed by atoms with van der Waals surface area (Å²) in [4.78, 5) is 29.0. The molecule has 2 aromatic rings. The number of hydrogen-bond donors (Lipinski definition) is 0. The molecule has 4 rings (SSSR count). The summed E-state index contributed by atoms with van der Waals surface area (Å²) in [5.74, 6) is 0.749. The molecule has 0 spiro atoms. The summed E-state index contributed by atoms with van der Waals surface area (Å²) in [6.07, 6.45) is 1.36. The molecule has 2 amide bonds. The Morgan fingerprint density at radius 2 is 1.85 bits per heavy atom. The second kappa shape index (κ2) is 6.47. The van der Waals surface area contributed by atoms with Gasteiger partial charge in [0.05, 0.1) is 10.6 Å². The van der Waals surface area contributed by atoms with Gasteiger partial charge in [-0.05, 0) is 25.0 Å². The van der Waals surface area contributed by atoms with Crippen molar-refractivity contribution in [3.8, 4) is 11.1 Å². The Hall–Kier alpha value is -2.27. The molecule has 2 unspecified atom stereocenters. The van der Waals surface area contributed by atoms with Crippen LogP contribution in [0.3, 0.4) is 0 Å². The Balaban J connectivity index is 1.66. The van der Waals surface area contributed by atoms with Crippen LogP contribution >= 0.6 is 11.8 Å². The van der Waals surface area contributed by atoms with Gasteiger partial charge < -0.3 is 9.80 Å². The van der Waals surface area contributed by atoms with Gasteiger partial charge in [0.1, 0.15) is 6.04 Å². The summed E-state index contributed by atoms with van der Waals surface area (Å²) in [5.41, 5.74) is 2.96. The number of likely N-dealkylation sites (N-methyl/N-ethyl adjacent to an activating group) is 1. The lowest BCUT2D eigenvalue weighted by atomic mass is 10.0. The third kappa shape index (κ3) is 2.71. The van der Waals surface area contributed by atoms with Crippen LogP contribution in [0.2, 0.25) is 0 Å². The first-order valence-corrected chi connectivity index (χ1v) is 9.88. The smallest absolute Gasteiger partial charge is 0.250 e. The maximum absolute atomic E-state index is 13.3. The van der Waals surface area contributed by atoms with Crippen LogP contribution in [0.15, 0.2) is 54.6 Å². The van der Waals surface area contributed by atoms with E-state index in [-0.39, 0.29) is 22.7 Å². The van der Waals surface area contributed by atoms with Crippen LogP contribution in [-0.2, 0) is 9.59 Å². The molecule has 5 heteroatoms. The van der Waals surface area contributed by atoms with E-state index in [1.807, 2.05) is 66.5 Å². The number of hydrogen-bond acceptors (Lipinski definition) is 3. The van der Waals surface area contributed by atoms with Crippen LogP contribution in [-0.4, -0.2) is 40.4 Å². The van der Waals surface area contributed by atoms with E-state index in [0.717, 1.165) is 23.2 Å². The second-order valence-corrected chi connectivity index (χ2v) is 8.55. The molecule has 4 nitrogen and oxygen atoms in total. The standard InChI is InChI=1S/C21H22N2O2S/c1-21-13-12-19(24)23(21)18(14-26-21)20(25)22(2)17-11-7-6-10-16(17)15-8-4-3-5-9-15/h3-11,18H,12-14H2,1-2H3. The third-order valence-electron chi connectivity index (χ3n) is 5.41. The largest absolute Gasteiger partial charge is 0.315 e. The van der Waals surface area contributed by atoms with Gasteiger partial charge in [0.2, 0.25) is 11.8 Å². The number of carbonyl (C=O) groups excluding carboxylic acids is 2. The number of rotatable bonds is 3. The van der Waals surface area contributed by atoms with Crippen LogP contribution in [0, 0.1) is 0 Å². The lowest BCUT2D eigenvalue weighted by Gasteiger charge is -2.32. The number of thioether (sulfide) groups is 1. The number of amides is 2. The quantitative estimate of drug-likeness (QED) is 0.830. The summed E-state index contributed by atoms with van der Waals surface area (Å²) in [7, 11) is 1.81. The molecule has 0 saturated carbocycles. The summed E-state index contributed by atoms with van der Waals surface area (Å²) in [6.45, 7) is 2.08. The fourth-order valence-corrected chi connectivity index (χ4v) is 5.40. The molecular formula is C21H22N2O2S. The first-order chi connectivity index (χ1) is 12.5. The van der Waals surface area contributed by atoms with Gasteiger partial charge in [-0.15, -0.1) is 11.8 Å². The number of benzene rings is 2. The summed E-state index contributed by atoms with van der Waals surface area (Å²) in [6, 6.07) is 17.6.